The molecule has 3 nitrogen and oxygen atoms in total. The minimum atomic E-state index is 0.130. The number of likely N-dealkylation sites (N-methyl/N-ethyl adjacent to an activating group) is 1. The molecule has 2 aromatic rings. The monoisotopic (exact) mass is 381 g/mol. The molecule has 1 N–H and O–H groups in total. The SMILES string of the molecule is Cc1sc(C(=O)C=Cc2ccc(N(C)CCO)cc2)c2c1[C@H]1[C@@H](C2)C1(C)C. The number of rotatable bonds is 6. The summed E-state index contributed by atoms with van der Waals surface area (Å²) in [5.41, 5.74) is 5.28. The van der Waals surface area contributed by atoms with Crippen molar-refractivity contribution in [3.05, 3.63) is 56.8 Å². The van der Waals surface area contributed by atoms with Crippen LogP contribution in [-0.4, -0.2) is 31.1 Å². The maximum Gasteiger partial charge on any atom is 0.196 e. The Bertz CT molecular complexity index is 907. The van der Waals surface area contributed by atoms with Gasteiger partial charge in [0.2, 0.25) is 0 Å². The van der Waals surface area contributed by atoms with Gasteiger partial charge < -0.3 is 10.0 Å². The molecule has 0 radical (unpaired) electrons. The summed E-state index contributed by atoms with van der Waals surface area (Å²) in [4.78, 5) is 17.1. The van der Waals surface area contributed by atoms with Gasteiger partial charge in [-0.1, -0.05) is 32.1 Å². The van der Waals surface area contributed by atoms with Crippen LogP contribution in [0.5, 0.6) is 0 Å². The third-order valence-electron chi connectivity index (χ3n) is 6.44. The van der Waals surface area contributed by atoms with Crippen LogP contribution in [-0.2, 0) is 6.42 Å². The van der Waals surface area contributed by atoms with Gasteiger partial charge in [0.05, 0.1) is 11.5 Å². The first kappa shape index (κ1) is 18.5. The van der Waals surface area contributed by atoms with Crippen LogP contribution in [0.25, 0.3) is 6.08 Å². The summed E-state index contributed by atoms with van der Waals surface area (Å²) in [6, 6.07) is 8.05. The number of hydrogen-bond acceptors (Lipinski definition) is 4. The smallest absolute Gasteiger partial charge is 0.196 e. The molecular formula is C23H27NO2S. The fourth-order valence-corrected chi connectivity index (χ4v) is 5.85. The molecule has 0 unspecified atom stereocenters. The van der Waals surface area contributed by atoms with Crippen molar-refractivity contribution in [1.29, 1.82) is 0 Å². The van der Waals surface area contributed by atoms with E-state index in [4.69, 9.17) is 5.11 Å². The third kappa shape index (κ3) is 3.05. The minimum absolute atomic E-state index is 0.130. The summed E-state index contributed by atoms with van der Waals surface area (Å²) in [6.07, 6.45) is 4.68. The first-order chi connectivity index (χ1) is 12.8. The van der Waals surface area contributed by atoms with Gasteiger partial charge >= 0.3 is 0 Å². The summed E-state index contributed by atoms with van der Waals surface area (Å²) in [6.45, 7) is 7.62. The average Bonchev–Trinajstić information content (AvgIpc) is 2.97. The van der Waals surface area contributed by atoms with Gasteiger partial charge in [-0.2, -0.15) is 0 Å². The number of carbonyl (C=O) groups is 1. The zero-order valence-electron chi connectivity index (χ0n) is 16.5. The molecule has 0 aliphatic heterocycles. The lowest BCUT2D eigenvalue weighted by atomic mass is 9.94. The van der Waals surface area contributed by atoms with E-state index in [1.54, 1.807) is 17.4 Å². The number of aryl methyl sites for hydroxylation is 1. The number of aliphatic hydroxyl groups excluding tert-OH is 1. The van der Waals surface area contributed by atoms with Crippen LogP contribution in [0.2, 0.25) is 0 Å². The van der Waals surface area contributed by atoms with Crippen LogP contribution in [0.4, 0.5) is 5.69 Å². The van der Waals surface area contributed by atoms with Crippen LogP contribution in [0.1, 0.15) is 51.0 Å². The summed E-state index contributed by atoms with van der Waals surface area (Å²) >= 11 is 1.67. The first-order valence-corrected chi connectivity index (χ1v) is 10.4. The number of thiophene rings is 1. The van der Waals surface area contributed by atoms with Crippen molar-refractivity contribution < 1.29 is 9.90 Å². The summed E-state index contributed by atoms with van der Waals surface area (Å²) in [5, 5.41) is 9.03. The van der Waals surface area contributed by atoms with E-state index in [-0.39, 0.29) is 12.4 Å². The second-order valence-electron chi connectivity index (χ2n) is 8.42. The number of nitrogens with zero attached hydrogens (tertiary/aromatic N) is 1. The Morgan fingerprint density at radius 2 is 2.04 bits per heavy atom. The van der Waals surface area contributed by atoms with Gasteiger partial charge in [-0.05, 0) is 65.5 Å². The largest absolute Gasteiger partial charge is 0.395 e. The number of ketones is 1. The van der Waals surface area contributed by atoms with Crippen LogP contribution < -0.4 is 4.90 Å². The summed E-state index contributed by atoms with van der Waals surface area (Å²) in [7, 11) is 1.95. The van der Waals surface area contributed by atoms with E-state index >= 15 is 0 Å². The van der Waals surface area contributed by atoms with Crippen molar-refractivity contribution in [2.24, 2.45) is 11.3 Å². The number of benzene rings is 1. The lowest BCUT2D eigenvalue weighted by Gasteiger charge is -2.17. The second-order valence-corrected chi connectivity index (χ2v) is 9.65. The highest BCUT2D eigenvalue weighted by atomic mass is 32.1. The van der Waals surface area contributed by atoms with E-state index in [1.807, 2.05) is 42.3 Å². The molecule has 0 saturated heterocycles. The van der Waals surface area contributed by atoms with Crippen LogP contribution >= 0.6 is 11.3 Å². The fourth-order valence-electron chi connectivity index (χ4n) is 4.70. The van der Waals surface area contributed by atoms with Crippen LogP contribution in [0, 0.1) is 18.3 Å². The average molecular weight is 382 g/mol. The molecular weight excluding hydrogens is 354 g/mol. The topological polar surface area (TPSA) is 40.5 Å². The molecule has 4 rings (SSSR count). The van der Waals surface area contributed by atoms with Gasteiger partial charge in [0.15, 0.2) is 5.78 Å². The molecule has 0 spiro atoms. The Morgan fingerprint density at radius 1 is 1.33 bits per heavy atom. The predicted molar refractivity (Wildman–Crippen MR) is 113 cm³/mol. The van der Waals surface area contributed by atoms with Crippen molar-refractivity contribution in [2.45, 2.75) is 33.1 Å². The first-order valence-electron chi connectivity index (χ1n) is 9.61. The van der Waals surface area contributed by atoms with E-state index in [2.05, 4.69) is 20.8 Å². The Hall–Kier alpha value is -1.91. The maximum atomic E-state index is 12.8. The van der Waals surface area contributed by atoms with Crippen molar-refractivity contribution in [3.63, 3.8) is 0 Å². The Labute approximate surface area is 165 Å². The molecule has 2 aliphatic carbocycles. The lowest BCUT2D eigenvalue weighted by molar-refractivity contribution is 0.105. The Balaban J connectivity index is 1.49. The molecule has 1 fully saturated rings. The molecule has 4 heteroatoms. The maximum absolute atomic E-state index is 12.8. The molecule has 1 heterocycles. The zero-order valence-corrected chi connectivity index (χ0v) is 17.3. The lowest BCUT2D eigenvalue weighted by Crippen LogP contribution is -2.20. The number of aliphatic hydroxyl groups is 1. The van der Waals surface area contributed by atoms with Crippen molar-refractivity contribution >= 4 is 28.9 Å². The standard InChI is InChI=1S/C23H27NO2S/c1-14-20-17(13-18-21(20)23(18,2)3)22(27-14)19(26)10-7-15-5-8-16(9-6-15)24(4)11-12-25/h5-10,18,21,25H,11-13H2,1-4H3/t18-,21-/m1/s1. The molecule has 27 heavy (non-hydrogen) atoms. The number of anilines is 1. The van der Waals surface area contributed by atoms with E-state index < -0.39 is 0 Å². The molecule has 0 amide bonds. The third-order valence-corrected chi connectivity index (χ3v) is 7.62. The van der Waals surface area contributed by atoms with Crippen molar-refractivity contribution in [1.82, 2.24) is 0 Å². The van der Waals surface area contributed by atoms with E-state index in [0.29, 0.717) is 17.9 Å². The number of carbonyl (C=O) groups excluding carboxylic acids is 1. The molecule has 1 saturated carbocycles. The second kappa shape index (κ2) is 6.61. The number of fused-ring (bicyclic) bond motifs is 3. The molecule has 2 atom stereocenters. The molecule has 142 valence electrons. The van der Waals surface area contributed by atoms with Crippen molar-refractivity contribution in [2.75, 3.05) is 25.1 Å². The van der Waals surface area contributed by atoms with Gasteiger partial charge in [0.1, 0.15) is 0 Å². The Morgan fingerprint density at radius 3 is 2.70 bits per heavy atom. The van der Waals surface area contributed by atoms with Crippen molar-refractivity contribution in [3.8, 4) is 0 Å². The molecule has 1 aromatic heterocycles. The number of hydrogen-bond donors (Lipinski definition) is 1. The molecule has 0 bridgehead atoms. The van der Waals surface area contributed by atoms with Gasteiger partial charge in [-0.25, -0.2) is 0 Å². The highest BCUT2D eigenvalue weighted by Gasteiger charge is 2.63. The predicted octanol–water partition coefficient (Wildman–Crippen LogP) is 4.68. The Kier molecular flexibility index (Phi) is 4.52. The fraction of sp³-hybridized carbons (Fsp3) is 0.435. The molecule has 2 aliphatic rings. The zero-order chi connectivity index (χ0) is 19.3. The van der Waals surface area contributed by atoms with E-state index in [9.17, 15) is 4.79 Å². The summed E-state index contributed by atoms with van der Waals surface area (Å²) < 4.78 is 0. The van der Waals surface area contributed by atoms with Gasteiger partial charge in [0.25, 0.3) is 0 Å². The van der Waals surface area contributed by atoms with Gasteiger partial charge in [-0.15, -0.1) is 11.3 Å². The van der Waals surface area contributed by atoms with E-state index in [1.165, 1.54) is 16.0 Å². The summed E-state index contributed by atoms with van der Waals surface area (Å²) in [5.74, 6) is 1.52. The van der Waals surface area contributed by atoms with Gasteiger partial charge in [0, 0.05) is 24.2 Å². The highest BCUT2D eigenvalue weighted by Crippen LogP contribution is 2.71. The highest BCUT2D eigenvalue weighted by molar-refractivity contribution is 7.14. The minimum Gasteiger partial charge on any atom is -0.395 e. The number of allylic oxidation sites excluding steroid dienone is 1. The molecule has 1 aromatic carbocycles. The quantitative estimate of drug-likeness (QED) is 0.584. The van der Waals surface area contributed by atoms with E-state index in [0.717, 1.165) is 28.5 Å². The van der Waals surface area contributed by atoms with Gasteiger partial charge in [-0.3, -0.25) is 4.79 Å². The normalized spacial score (nSPS) is 22.0. The van der Waals surface area contributed by atoms with Crippen LogP contribution in [0.3, 0.4) is 0 Å². The van der Waals surface area contributed by atoms with Crippen LogP contribution in [0.15, 0.2) is 30.3 Å².